The smallest absolute Gasteiger partial charge is 0.200 e. The summed E-state index contributed by atoms with van der Waals surface area (Å²) >= 11 is 9.81. The summed E-state index contributed by atoms with van der Waals surface area (Å²) in [4.78, 5) is 0. The van der Waals surface area contributed by atoms with Gasteiger partial charge in [-0.3, -0.25) is 0 Å². The lowest BCUT2D eigenvalue weighted by Gasteiger charge is -2.19. The molecule has 0 spiro atoms. The monoisotopic (exact) mass is 432 g/mol. The van der Waals surface area contributed by atoms with Crippen LogP contribution >= 0.6 is 16.6 Å². The first-order chi connectivity index (χ1) is 11.4. The van der Waals surface area contributed by atoms with E-state index in [1.807, 2.05) is 0 Å². The summed E-state index contributed by atoms with van der Waals surface area (Å²) in [5, 5.41) is -9.29. The molecule has 2 rings (SSSR count). The molecule has 0 amide bonds. The van der Waals surface area contributed by atoms with Gasteiger partial charge in [0.1, 0.15) is 5.39 Å². The lowest BCUT2D eigenvalue weighted by atomic mass is 10.3. The molecule has 25 heavy (non-hydrogen) atoms. The highest BCUT2D eigenvalue weighted by molar-refractivity contribution is 8.34. The van der Waals surface area contributed by atoms with Crippen LogP contribution in [0.2, 0.25) is 0 Å². The number of hydrogen-bond acceptors (Lipinski definition) is 1. The van der Waals surface area contributed by atoms with Crippen molar-refractivity contribution in [1.82, 2.24) is 0 Å². The van der Waals surface area contributed by atoms with Crippen molar-refractivity contribution in [3.63, 3.8) is 0 Å². The molecular weight excluding hydrogens is 433 g/mol. The third-order valence-electron chi connectivity index (χ3n) is 2.95. The zero-order valence-electron chi connectivity index (χ0n) is 11.0. The van der Waals surface area contributed by atoms with Crippen LogP contribution in [-0.2, 0) is 11.8 Å². The van der Waals surface area contributed by atoms with Crippen LogP contribution in [0.3, 0.4) is 0 Å². The van der Waals surface area contributed by atoms with E-state index in [1.165, 1.54) is 0 Å². The van der Waals surface area contributed by atoms with Gasteiger partial charge in [-0.15, -0.1) is 0 Å². The summed E-state index contributed by atoms with van der Waals surface area (Å²) in [6.45, 7) is 0. The normalized spacial score (nSPS) is 12.0. The molecule has 0 aliphatic carbocycles. The van der Waals surface area contributed by atoms with E-state index in [2.05, 4.69) is 11.8 Å². The second-order valence-corrected chi connectivity index (χ2v) is 10.1. The average molecular weight is 433 g/mol. The Kier molecular flexibility index (Phi) is 5.15. The van der Waals surface area contributed by atoms with Crippen molar-refractivity contribution in [3.8, 4) is 0 Å². The topological polar surface area (TPSA) is 0 Å². The van der Waals surface area contributed by atoms with Gasteiger partial charge in [0, 0.05) is 0 Å². The van der Waals surface area contributed by atoms with E-state index >= 15 is 0 Å². The zero-order chi connectivity index (χ0) is 19.4. The molecule has 0 N–H and O–H groups in total. The van der Waals surface area contributed by atoms with Crippen LogP contribution in [0, 0.1) is 58.2 Å². The zero-order valence-corrected chi connectivity index (χ0v) is 13.5. The molecular formula is C12ClF10PS. The fraction of sp³-hybridized carbons (Fsp3) is 0. The Balaban J connectivity index is 2.99. The van der Waals surface area contributed by atoms with Crippen LogP contribution in [0.1, 0.15) is 0 Å². The van der Waals surface area contributed by atoms with Gasteiger partial charge in [-0.05, 0) is 0 Å². The summed E-state index contributed by atoms with van der Waals surface area (Å²) in [6.07, 6.45) is 0. The van der Waals surface area contributed by atoms with E-state index in [9.17, 15) is 43.9 Å². The highest BCUT2D eigenvalue weighted by Crippen LogP contribution is 2.53. The average Bonchev–Trinajstić information content (AvgIpc) is 2.54. The van der Waals surface area contributed by atoms with Gasteiger partial charge >= 0.3 is 0 Å². The fourth-order valence-electron chi connectivity index (χ4n) is 1.80. The summed E-state index contributed by atoms with van der Waals surface area (Å²) < 4.78 is 134. The summed E-state index contributed by atoms with van der Waals surface area (Å²) in [5.41, 5.74) is 0. The van der Waals surface area contributed by atoms with Gasteiger partial charge in [0.05, 0.1) is 10.6 Å². The van der Waals surface area contributed by atoms with Gasteiger partial charge in [-0.1, -0.05) is 23.0 Å². The molecule has 2 aromatic rings. The SMILES string of the molecule is Fc1c(F)c(F)c(P(=S)(Cl)c2c(F)c(F)c(F)c(F)c2F)c(F)c1F. The van der Waals surface area contributed by atoms with E-state index in [0.717, 1.165) is 0 Å². The van der Waals surface area contributed by atoms with Gasteiger partial charge in [-0.25, -0.2) is 43.9 Å². The van der Waals surface area contributed by atoms with Crippen molar-refractivity contribution >= 4 is 39.0 Å². The second kappa shape index (κ2) is 6.44. The van der Waals surface area contributed by atoms with E-state index in [0.29, 0.717) is 0 Å². The van der Waals surface area contributed by atoms with Crippen LogP contribution in [0.5, 0.6) is 0 Å². The Morgan fingerprint density at radius 1 is 0.440 bits per heavy atom. The molecule has 0 saturated heterocycles. The Morgan fingerprint density at radius 3 is 0.800 bits per heavy atom. The molecule has 0 saturated carbocycles. The molecule has 0 unspecified atom stereocenters. The van der Waals surface area contributed by atoms with Gasteiger partial charge in [0.15, 0.2) is 46.5 Å². The minimum Gasteiger partial charge on any atom is -0.203 e. The molecule has 0 aliphatic rings. The van der Waals surface area contributed by atoms with Gasteiger partial charge in [-0.2, -0.15) is 0 Å². The predicted octanol–water partition coefficient (Wildman–Crippen LogP) is 4.66. The molecule has 0 aliphatic heterocycles. The second-order valence-electron chi connectivity index (χ2n) is 4.37. The first-order valence-corrected chi connectivity index (χ1v) is 9.40. The molecule has 0 aromatic heterocycles. The van der Waals surface area contributed by atoms with Gasteiger partial charge in [0.25, 0.3) is 0 Å². The number of hydrogen-bond donors (Lipinski definition) is 0. The molecule has 0 fully saturated rings. The summed E-state index contributed by atoms with van der Waals surface area (Å²) in [5.74, 6) is -26.0. The molecule has 0 heterocycles. The van der Waals surface area contributed by atoms with Crippen LogP contribution in [-0.4, -0.2) is 0 Å². The van der Waals surface area contributed by atoms with Crippen molar-refractivity contribution in [1.29, 1.82) is 0 Å². The van der Waals surface area contributed by atoms with Crippen molar-refractivity contribution in [3.05, 3.63) is 58.2 Å². The highest BCUT2D eigenvalue weighted by Gasteiger charge is 2.40. The van der Waals surface area contributed by atoms with E-state index in [1.54, 1.807) is 0 Å². The Morgan fingerprint density at radius 2 is 0.600 bits per heavy atom. The lowest BCUT2D eigenvalue weighted by molar-refractivity contribution is 0.383. The Bertz CT molecular complexity index is 828. The van der Waals surface area contributed by atoms with Gasteiger partial charge in [0.2, 0.25) is 11.6 Å². The van der Waals surface area contributed by atoms with Crippen molar-refractivity contribution < 1.29 is 43.9 Å². The van der Waals surface area contributed by atoms with E-state index in [4.69, 9.17) is 11.2 Å². The first kappa shape index (κ1) is 20.0. The summed E-state index contributed by atoms with van der Waals surface area (Å²) in [7, 11) is 0. The van der Waals surface area contributed by atoms with Crippen molar-refractivity contribution in [2.24, 2.45) is 0 Å². The summed E-state index contributed by atoms with van der Waals surface area (Å²) in [6, 6.07) is 0. The largest absolute Gasteiger partial charge is 0.203 e. The third-order valence-corrected chi connectivity index (χ3v) is 6.99. The van der Waals surface area contributed by atoms with Crippen LogP contribution in [0.4, 0.5) is 43.9 Å². The lowest BCUT2D eigenvalue weighted by Crippen LogP contribution is -2.29. The maximum atomic E-state index is 13.8. The Hall–Kier alpha value is -1.32. The van der Waals surface area contributed by atoms with E-state index < -0.39 is 74.2 Å². The van der Waals surface area contributed by atoms with Crippen molar-refractivity contribution in [2.75, 3.05) is 0 Å². The predicted molar refractivity (Wildman–Crippen MR) is 71.9 cm³/mol. The van der Waals surface area contributed by atoms with Gasteiger partial charge < -0.3 is 0 Å². The molecule has 136 valence electrons. The van der Waals surface area contributed by atoms with Crippen LogP contribution in [0.25, 0.3) is 0 Å². The standard InChI is InChI=1S/C12ClF10PS/c13-24(25,11-7(20)3(16)1(14)4(17)8(11)21)12-9(22)5(18)2(15)6(19)10(12)23. The first-order valence-electron chi connectivity index (χ1n) is 5.69. The molecule has 0 radical (unpaired) electrons. The van der Waals surface area contributed by atoms with Crippen molar-refractivity contribution in [2.45, 2.75) is 0 Å². The fourth-order valence-corrected chi connectivity index (χ4v) is 5.28. The quantitative estimate of drug-likeness (QED) is 0.288. The van der Waals surface area contributed by atoms with Crippen LogP contribution in [0.15, 0.2) is 0 Å². The van der Waals surface area contributed by atoms with E-state index in [-0.39, 0.29) is 0 Å². The molecule has 0 atom stereocenters. The molecule has 13 heteroatoms. The molecule has 2 aromatic carbocycles. The number of halogens is 11. The maximum absolute atomic E-state index is 13.8. The van der Waals surface area contributed by atoms with Crippen LogP contribution < -0.4 is 10.6 Å². The molecule has 0 bridgehead atoms. The number of benzene rings is 2. The number of rotatable bonds is 2. The minimum atomic E-state index is -5.18. The minimum absolute atomic E-state index is 2.05. The highest BCUT2D eigenvalue weighted by atomic mass is 35.7. The third kappa shape index (κ3) is 2.82. The molecule has 0 nitrogen and oxygen atoms in total. The maximum Gasteiger partial charge on any atom is 0.200 e. The Labute approximate surface area is 141 Å².